The predicted molar refractivity (Wildman–Crippen MR) is 95.2 cm³/mol. The van der Waals surface area contributed by atoms with Crippen molar-refractivity contribution in [2.75, 3.05) is 5.32 Å². The van der Waals surface area contributed by atoms with Crippen LogP contribution in [0.2, 0.25) is 5.02 Å². The SMILES string of the molecule is O=C(O)c1ccc(-c2ccc(O)c(Cl)c2)cc1Nc1ccc(F)cc1. The van der Waals surface area contributed by atoms with Crippen LogP contribution >= 0.6 is 11.6 Å². The predicted octanol–water partition coefficient (Wildman–Crippen LogP) is 5.29. The third-order valence-electron chi connectivity index (χ3n) is 3.65. The Kier molecular flexibility index (Phi) is 4.59. The molecule has 0 fully saturated rings. The number of phenolic OH excluding ortho intramolecular Hbond substituents is 1. The van der Waals surface area contributed by atoms with Gasteiger partial charge in [0.05, 0.1) is 16.3 Å². The molecule has 0 amide bonds. The van der Waals surface area contributed by atoms with Gasteiger partial charge in [0.2, 0.25) is 0 Å². The number of aromatic carboxylic acids is 1. The van der Waals surface area contributed by atoms with Crippen molar-refractivity contribution in [2.24, 2.45) is 0 Å². The Morgan fingerprint density at radius 3 is 2.24 bits per heavy atom. The normalized spacial score (nSPS) is 10.5. The number of nitrogens with one attached hydrogen (secondary N) is 1. The summed E-state index contributed by atoms with van der Waals surface area (Å²) in [6.07, 6.45) is 0. The zero-order chi connectivity index (χ0) is 18.0. The van der Waals surface area contributed by atoms with Crippen LogP contribution < -0.4 is 5.32 Å². The van der Waals surface area contributed by atoms with Crippen molar-refractivity contribution in [2.45, 2.75) is 0 Å². The molecule has 126 valence electrons. The highest BCUT2D eigenvalue weighted by Gasteiger charge is 2.13. The van der Waals surface area contributed by atoms with Gasteiger partial charge in [0, 0.05) is 5.69 Å². The zero-order valence-corrected chi connectivity index (χ0v) is 13.6. The van der Waals surface area contributed by atoms with Gasteiger partial charge in [-0.2, -0.15) is 0 Å². The molecule has 0 aliphatic rings. The molecule has 0 aliphatic heterocycles. The molecule has 0 saturated heterocycles. The molecule has 0 aliphatic carbocycles. The summed E-state index contributed by atoms with van der Waals surface area (Å²) in [5.74, 6) is -1.49. The molecule has 3 aromatic carbocycles. The van der Waals surface area contributed by atoms with Crippen molar-refractivity contribution in [3.05, 3.63) is 77.1 Å². The number of rotatable bonds is 4. The third kappa shape index (κ3) is 3.72. The molecule has 25 heavy (non-hydrogen) atoms. The number of phenols is 1. The summed E-state index contributed by atoms with van der Waals surface area (Å²) < 4.78 is 13.0. The summed E-state index contributed by atoms with van der Waals surface area (Å²) in [6.45, 7) is 0. The molecule has 0 atom stereocenters. The van der Waals surface area contributed by atoms with E-state index >= 15 is 0 Å². The summed E-state index contributed by atoms with van der Waals surface area (Å²) in [5.41, 5.74) is 2.45. The lowest BCUT2D eigenvalue weighted by atomic mass is 10.0. The zero-order valence-electron chi connectivity index (χ0n) is 12.8. The molecule has 0 heterocycles. The van der Waals surface area contributed by atoms with Crippen LogP contribution in [0.15, 0.2) is 60.7 Å². The number of carboxylic acids is 1. The first-order chi connectivity index (χ1) is 11.9. The topological polar surface area (TPSA) is 69.6 Å². The number of anilines is 2. The van der Waals surface area contributed by atoms with E-state index in [2.05, 4.69) is 5.32 Å². The second-order valence-corrected chi connectivity index (χ2v) is 5.77. The van der Waals surface area contributed by atoms with Gasteiger partial charge in [0.1, 0.15) is 11.6 Å². The Morgan fingerprint density at radius 1 is 0.960 bits per heavy atom. The van der Waals surface area contributed by atoms with Gasteiger partial charge in [0.15, 0.2) is 0 Å². The van der Waals surface area contributed by atoms with E-state index in [0.29, 0.717) is 11.4 Å². The van der Waals surface area contributed by atoms with E-state index in [4.69, 9.17) is 11.6 Å². The molecular weight excluding hydrogens is 345 g/mol. The van der Waals surface area contributed by atoms with Gasteiger partial charge in [-0.15, -0.1) is 0 Å². The maximum absolute atomic E-state index is 13.0. The smallest absolute Gasteiger partial charge is 0.337 e. The lowest BCUT2D eigenvalue weighted by molar-refractivity contribution is 0.0698. The highest BCUT2D eigenvalue weighted by Crippen LogP contribution is 2.32. The quantitative estimate of drug-likeness (QED) is 0.593. The van der Waals surface area contributed by atoms with E-state index in [1.54, 1.807) is 24.3 Å². The number of benzene rings is 3. The summed E-state index contributed by atoms with van der Waals surface area (Å²) in [6, 6.07) is 15.1. The molecule has 0 aromatic heterocycles. The Bertz CT molecular complexity index is 942. The minimum atomic E-state index is -1.08. The Labute approximate surface area is 148 Å². The van der Waals surface area contributed by atoms with Gasteiger partial charge in [-0.1, -0.05) is 23.7 Å². The minimum Gasteiger partial charge on any atom is -0.506 e. The van der Waals surface area contributed by atoms with Crippen LogP contribution in [0.4, 0.5) is 15.8 Å². The van der Waals surface area contributed by atoms with E-state index in [1.165, 1.54) is 36.4 Å². The fourth-order valence-corrected chi connectivity index (χ4v) is 2.57. The van der Waals surface area contributed by atoms with Crippen molar-refractivity contribution in [3.63, 3.8) is 0 Å². The number of hydrogen-bond acceptors (Lipinski definition) is 3. The highest BCUT2D eigenvalue weighted by atomic mass is 35.5. The van der Waals surface area contributed by atoms with E-state index in [1.807, 2.05) is 0 Å². The van der Waals surface area contributed by atoms with Crippen LogP contribution in [-0.2, 0) is 0 Å². The first kappa shape index (κ1) is 16.8. The van der Waals surface area contributed by atoms with Gasteiger partial charge < -0.3 is 15.5 Å². The Hall–Kier alpha value is -3.05. The number of halogens is 2. The third-order valence-corrected chi connectivity index (χ3v) is 3.96. The molecule has 0 saturated carbocycles. The van der Waals surface area contributed by atoms with E-state index < -0.39 is 5.97 Å². The minimum absolute atomic E-state index is 0.0303. The number of hydrogen-bond donors (Lipinski definition) is 3. The molecule has 3 N–H and O–H groups in total. The Morgan fingerprint density at radius 2 is 1.60 bits per heavy atom. The average molecular weight is 358 g/mol. The summed E-state index contributed by atoms with van der Waals surface area (Å²) in [5, 5.41) is 22.1. The van der Waals surface area contributed by atoms with Gasteiger partial charge in [-0.05, 0) is 59.7 Å². The summed E-state index contributed by atoms with van der Waals surface area (Å²) in [7, 11) is 0. The van der Waals surface area contributed by atoms with Gasteiger partial charge >= 0.3 is 5.97 Å². The highest BCUT2D eigenvalue weighted by molar-refractivity contribution is 6.32. The van der Waals surface area contributed by atoms with Crippen LogP contribution in [0.3, 0.4) is 0 Å². The largest absolute Gasteiger partial charge is 0.506 e. The van der Waals surface area contributed by atoms with E-state index in [9.17, 15) is 19.4 Å². The molecule has 3 aromatic rings. The average Bonchev–Trinajstić information content (AvgIpc) is 2.59. The van der Waals surface area contributed by atoms with Gasteiger partial charge in [-0.3, -0.25) is 0 Å². The summed E-state index contributed by atoms with van der Waals surface area (Å²) >= 11 is 5.93. The first-order valence-electron chi connectivity index (χ1n) is 7.33. The molecule has 3 rings (SSSR count). The monoisotopic (exact) mass is 357 g/mol. The molecule has 4 nitrogen and oxygen atoms in total. The van der Waals surface area contributed by atoms with Crippen molar-refractivity contribution in [1.29, 1.82) is 0 Å². The van der Waals surface area contributed by atoms with Crippen LogP contribution in [0.1, 0.15) is 10.4 Å². The van der Waals surface area contributed by atoms with Crippen molar-refractivity contribution < 1.29 is 19.4 Å². The Balaban J connectivity index is 2.03. The molecule has 0 radical (unpaired) electrons. The first-order valence-corrected chi connectivity index (χ1v) is 7.70. The van der Waals surface area contributed by atoms with E-state index in [0.717, 1.165) is 11.1 Å². The van der Waals surface area contributed by atoms with Crippen molar-refractivity contribution >= 4 is 28.9 Å². The number of aromatic hydroxyl groups is 1. The fourth-order valence-electron chi connectivity index (χ4n) is 2.39. The van der Waals surface area contributed by atoms with Crippen LogP contribution in [0, 0.1) is 5.82 Å². The molecular formula is C19H13ClFNO3. The number of carbonyl (C=O) groups is 1. The maximum Gasteiger partial charge on any atom is 0.337 e. The van der Waals surface area contributed by atoms with Crippen LogP contribution in [-0.4, -0.2) is 16.2 Å². The van der Waals surface area contributed by atoms with Gasteiger partial charge in [-0.25, -0.2) is 9.18 Å². The molecule has 6 heteroatoms. The molecule has 0 unspecified atom stereocenters. The van der Waals surface area contributed by atoms with Gasteiger partial charge in [0.25, 0.3) is 0 Å². The van der Waals surface area contributed by atoms with Crippen LogP contribution in [0.5, 0.6) is 5.75 Å². The van der Waals surface area contributed by atoms with Crippen molar-refractivity contribution in [3.8, 4) is 16.9 Å². The van der Waals surface area contributed by atoms with Crippen molar-refractivity contribution in [1.82, 2.24) is 0 Å². The second kappa shape index (κ2) is 6.83. The lowest BCUT2D eigenvalue weighted by Crippen LogP contribution is -2.03. The van der Waals surface area contributed by atoms with Crippen LogP contribution in [0.25, 0.3) is 11.1 Å². The second-order valence-electron chi connectivity index (χ2n) is 5.36. The summed E-state index contributed by atoms with van der Waals surface area (Å²) in [4.78, 5) is 11.5. The lowest BCUT2D eigenvalue weighted by Gasteiger charge is -2.12. The standard InChI is InChI=1S/C19H13ClFNO3/c20-16-9-11(2-8-18(16)23)12-1-7-15(19(24)25)17(10-12)22-14-5-3-13(21)4-6-14/h1-10,22-23H,(H,24,25). The number of carboxylic acid groups (broad SMARTS) is 1. The fraction of sp³-hybridized carbons (Fsp3) is 0. The maximum atomic E-state index is 13.0. The molecule has 0 bridgehead atoms. The molecule has 0 spiro atoms. The van der Waals surface area contributed by atoms with E-state index in [-0.39, 0.29) is 22.2 Å².